The molecule has 0 radical (unpaired) electrons. The molecule has 0 aliphatic rings. The minimum absolute atomic E-state index is 0.177. The second-order valence-electron chi connectivity index (χ2n) is 6.40. The van der Waals surface area contributed by atoms with Crippen molar-refractivity contribution in [3.63, 3.8) is 0 Å². The summed E-state index contributed by atoms with van der Waals surface area (Å²) in [5.74, 6) is 0.435. The molecule has 5 nitrogen and oxygen atoms in total. The first-order valence-corrected chi connectivity index (χ1v) is 10.9. The largest absolute Gasteiger partial charge is 0.485 e. The summed E-state index contributed by atoms with van der Waals surface area (Å²) in [5, 5.41) is 5.83. The van der Waals surface area contributed by atoms with E-state index in [-0.39, 0.29) is 5.91 Å². The Hall–Kier alpha value is -3.03. The molecule has 1 amide bonds. The van der Waals surface area contributed by atoms with Gasteiger partial charge in [-0.1, -0.05) is 42.5 Å². The highest BCUT2D eigenvalue weighted by molar-refractivity contribution is 7.14. The Kier molecular flexibility index (Phi) is 5.97. The average molecular weight is 422 g/mol. The summed E-state index contributed by atoms with van der Waals surface area (Å²) in [6.45, 7) is 2.22. The Morgan fingerprint density at radius 1 is 1.10 bits per heavy atom. The molecule has 1 N–H and O–H groups in total. The number of carbonyl (C=O) groups excluding carboxylic acids is 1. The van der Waals surface area contributed by atoms with E-state index in [9.17, 15) is 4.79 Å². The molecule has 2 heterocycles. The minimum atomic E-state index is -0.177. The molecule has 0 bridgehead atoms. The number of ether oxygens (including phenoxy) is 1. The number of amides is 1. The predicted molar refractivity (Wildman–Crippen MR) is 117 cm³/mol. The van der Waals surface area contributed by atoms with Crippen molar-refractivity contribution in [3.05, 3.63) is 92.3 Å². The molecule has 7 heteroatoms. The fourth-order valence-corrected chi connectivity index (χ4v) is 4.38. The van der Waals surface area contributed by atoms with Crippen molar-refractivity contribution >= 4 is 34.3 Å². The fraction of sp³-hybridized carbons (Fsp3) is 0.136. The molecule has 0 saturated heterocycles. The molecule has 0 unspecified atom stereocenters. The van der Waals surface area contributed by atoms with Gasteiger partial charge >= 0.3 is 0 Å². The third kappa shape index (κ3) is 4.88. The van der Waals surface area contributed by atoms with E-state index < -0.39 is 0 Å². The summed E-state index contributed by atoms with van der Waals surface area (Å²) < 4.78 is 5.85. The van der Waals surface area contributed by atoms with E-state index in [1.54, 1.807) is 5.51 Å². The van der Waals surface area contributed by atoms with E-state index in [1.165, 1.54) is 28.2 Å². The second-order valence-corrected chi connectivity index (χ2v) is 8.21. The molecule has 0 spiro atoms. The normalized spacial score (nSPS) is 10.7. The van der Waals surface area contributed by atoms with Crippen molar-refractivity contribution in [1.29, 1.82) is 0 Å². The van der Waals surface area contributed by atoms with Gasteiger partial charge in [0, 0.05) is 11.8 Å². The third-order valence-electron chi connectivity index (χ3n) is 4.24. The van der Waals surface area contributed by atoms with Crippen LogP contribution in [0.2, 0.25) is 0 Å². The Morgan fingerprint density at radius 2 is 1.90 bits per heavy atom. The number of benzene rings is 2. The van der Waals surface area contributed by atoms with Crippen LogP contribution in [0.4, 0.5) is 5.69 Å². The highest BCUT2D eigenvalue weighted by Crippen LogP contribution is 2.27. The monoisotopic (exact) mass is 421 g/mol. The van der Waals surface area contributed by atoms with E-state index in [4.69, 9.17) is 4.74 Å². The van der Waals surface area contributed by atoms with E-state index in [0.29, 0.717) is 29.3 Å². The van der Waals surface area contributed by atoms with Crippen LogP contribution in [0.15, 0.2) is 65.5 Å². The molecule has 2 aromatic carbocycles. The number of thiazole rings is 2. The van der Waals surface area contributed by atoms with Crippen LogP contribution in [0.5, 0.6) is 5.75 Å². The number of hydrogen-bond acceptors (Lipinski definition) is 6. The molecule has 29 heavy (non-hydrogen) atoms. The Morgan fingerprint density at radius 3 is 2.69 bits per heavy atom. The van der Waals surface area contributed by atoms with Gasteiger partial charge in [-0.05, 0) is 24.6 Å². The average Bonchev–Trinajstić information content (AvgIpc) is 3.38. The van der Waals surface area contributed by atoms with Crippen LogP contribution in [0, 0.1) is 6.92 Å². The maximum absolute atomic E-state index is 12.9. The molecule has 0 aliphatic carbocycles. The number of aryl methyl sites for hydroxylation is 1. The zero-order valence-electron chi connectivity index (χ0n) is 15.8. The van der Waals surface area contributed by atoms with Crippen LogP contribution in [-0.4, -0.2) is 15.9 Å². The molecule has 0 saturated carbocycles. The summed E-state index contributed by atoms with van der Waals surface area (Å²) in [7, 11) is 0. The molecule has 4 aromatic rings. The van der Waals surface area contributed by atoms with Gasteiger partial charge in [0.1, 0.15) is 17.2 Å². The van der Waals surface area contributed by atoms with Crippen molar-refractivity contribution < 1.29 is 9.53 Å². The lowest BCUT2D eigenvalue weighted by molar-refractivity contribution is 0.102. The Bertz CT molecular complexity index is 1090. The highest BCUT2D eigenvalue weighted by Gasteiger charge is 2.17. The summed E-state index contributed by atoms with van der Waals surface area (Å²) in [4.78, 5) is 22.3. The van der Waals surface area contributed by atoms with E-state index in [0.717, 1.165) is 16.4 Å². The summed E-state index contributed by atoms with van der Waals surface area (Å²) in [6.07, 6.45) is 0.715. The molecule has 0 fully saturated rings. The van der Waals surface area contributed by atoms with Crippen LogP contribution >= 0.6 is 22.7 Å². The molecule has 146 valence electrons. The number of hydrogen-bond donors (Lipinski definition) is 1. The van der Waals surface area contributed by atoms with Gasteiger partial charge in [0.05, 0.1) is 27.6 Å². The second kappa shape index (κ2) is 8.98. The topological polar surface area (TPSA) is 64.1 Å². The van der Waals surface area contributed by atoms with Crippen LogP contribution in [0.25, 0.3) is 0 Å². The summed E-state index contributed by atoms with van der Waals surface area (Å²) in [5.41, 5.74) is 5.17. The zero-order valence-corrected chi connectivity index (χ0v) is 17.4. The van der Waals surface area contributed by atoms with Crippen LogP contribution in [0.1, 0.15) is 31.6 Å². The first-order valence-electron chi connectivity index (χ1n) is 9.09. The Labute approximate surface area is 177 Å². The molecule has 2 aromatic heterocycles. The smallest absolute Gasteiger partial charge is 0.267 e. The van der Waals surface area contributed by atoms with Crippen molar-refractivity contribution in [1.82, 2.24) is 9.97 Å². The maximum atomic E-state index is 12.9. The first-order chi connectivity index (χ1) is 14.2. The van der Waals surface area contributed by atoms with Crippen molar-refractivity contribution in [2.24, 2.45) is 0 Å². The lowest BCUT2D eigenvalue weighted by atomic mass is 10.2. The number of carbonyl (C=O) groups is 1. The van der Waals surface area contributed by atoms with E-state index in [1.807, 2.05) is 54.8 Å². The molecule has 0 atom stereocenters. The van der Waals surface area contributed by atoms with Gasteiger partial charge in [0.25, 0.3) is 5.91 Å². The summed E-state index contributed by atoms with van der Waals surface area (Å²) in [6, 6.07) is 17.5. The lowest BCUT2D eigenvalue weighted by Gasteiger charge is -2.11. The van der Waals surface area contributed by atoms with Gasteiger partial charge in [0.2, 0.25) is 0 Å². The van der Waals surface area contributed by atoms with Gasteiger partial charge in [-0.25, -0.2) is 9.97 Å². The minimum Gasteiger partial charge on any atom is -0.485 e. The number of aromatic nitrogens is 2. The number of nitrogens with one attached hydrogen (secondary N) is 1. The number of anilines is 1. The van der Waals surface area contributed by atoms with Crippen molar-refractivity contribution in [2.45, 2.75) is 20.0 Å². The zero-order chi connectivity index (χ0) is 20.1. The standard InChI is InChI=1S/C22H19N3O2S2/c1-15-21(29-20(24-15)11-16-7-3-2-4-8-16)22(26)25-18-9-5-6-10-19(18)27-12-17-13-28-14-23-17/h2-10,13-14H,11-12H2,1H3,(H,25,26). The SMILES string of the molecule is Cc1nc(Cc2ccccc2)sc1C(=O)Nc1ccccc1OCc1cscn1. The lowest BCUT2D eigenvalue weighted by Crippen LogP contribution is -2.12. The molecule has 0 aliphatic heterocycles. The van der Waals surface area contributed by atoms with Crippen LogP contribution in [0.3, 0.4) is 0 Å². The maximum Gasteiger partial charge on any atom is 0.267 e. The third-order valence-corrected chi connectivity index (χ3v) is 6.03. The van der Waals surface area contributed by atoms with Gasteiger partial charge in [-0.2, -0.15) is 0 Å². The van der Waals surface area contributed by atoms with Crippen LogP contribution < -0.4 is 10.1 Å². The van der Waals surface area contributed by atoms with Gasteiger partial charge < -0.3 is 10.1 Å². The van der Waals surface area contributed by atoms with Gasteiger partial charge in [-0.3, -0.25) is 4.79 Å². The van der Waals surface area contributed by atoms with Gasteiger partial charge in [0.15, 0.2) is 0 Å². The highest BCUT2D eigenvalue weighted by atomic mass is 32.1. The van der Waals surface area contributed by atoms with Gasteiger partial charge in [-0.15, -0.1) is 22.7 Å². The predicted octanol–water partition coefficient (Wildman–Crippen LogP) is 5.33. The molecular weight excluding hydrogens is 402 g/mol. The number of para-hydroxylation sites is 2. The van der Waals surface area contributed by atoms with E-state index >= 15 is 0 Å². The molecule has 4 rings (SSSR count). The quantitative estimate of drug-likeness (QED) is 0.438. The molecular formula is C22H19N3O2S2. The number of nitrogens with zero attached hydrogens (tertiary/aromatic N) is 2. The number of rotatable bonds is 7. The van der Waals surface area contributed by atoms with E-state index in [2.05, 4.69) is 27.4 Å². The van der Waals surface area contributed by atoms with Crippen molar-refractivity contribution in [3.8, 4) is 5.75 Å². The summed E-state index contributed by atoms with van der Waals surface area (Å²) >= 11 is 2.95. The van der Waals surface area contributed by atoms with Crippen LogP contribution in [-0.2, 0) is 13.0 Å². The fourth-order valence-electron chi connectivity index (χ4n) is 2.84. The first kappa shape index (κ1) is 19.3. The van der Waals surface area contributed by atoms with Crippen molar-refractivity contribution in [2.75, 3.05) is 5.32 Å². The Balaban J connectivity index is 1.47.